The second-order valence-electron chi connectivity index (χ2n) is 5.40. The van der Waals surface area contributed by atoms with E-state index in [1.54, 1.807) is 30.3 Å². The van der Waals surface area contributed by atoms with Crippen molar-refractivity contribution in [3.8, 4) is 5.75 Å². The summed E-state index contributed by atoms with van der Waals surface area (Å²) in [6, 6.07) is 11.4. The Kier molecular flexibility index (Phi) is 4.06. The molecule has 0 atom stereocenters. The second-order valence-corrected chi connectivity index (χ2v) is 5.40. The van der Waals surface area contributed by atoms with Gasteiger partial charge >= 0.3 is 0 Å². The number of methoxy groups -OCH3 is 1. The van der Waals surface area contributed by atoms with Crippen LogP contribution >= 0.6 is 0 Å². The Bertz CT molecular complexity index is 687. The Morgan fingerprint density at radius 3 is 2.86 bits per heavy atom. The third-order valence-electron chi connectivity index (χ3n) is 3.86. The van der Waals surface area contributed by atoms with E-state index in [4.69, 9.17) is 4.74 Å². The molecule has 0 aliphatic carbocycles. The maximum atomic E-state index is 12.9. The normalized spacial score (nSPS) is 15.1. The number of anilines is 1. The van der Waals surface area contributed by atoms with Crippen LogP contribution in [0.15, 0.2) is 42.6 Å². The molecule has 0 N–H and O–H groups in total. The minimum atomic E-state index is -0.0957. The van der Waals surface area contributed by atoms with E-state index in [1.807, 2.05) is 18.2 Å². The number of aromatic nitrogens is 1. The quantitative estimate of drug-likeness (QED) is 0.852. The number of hydrogen-bond acceptors (Lipinski definition) is 4. The number of para-hydroxylation sites is 1. The van der Waals surface area contributed by atoms with E-state index < -0.39 is 0 Å². The number of fused-ring (bicyclic) bond motifs is 1. The number of pyridine rings is 1. The first-order chi connectivity index (χ1) is 10.7. The highest BCUT2D eigenvalue weighted by molar-refractivity contribution is 6.05. The molecule has 0 saturated heterocycles. The first kappa shape index (κ1) is 14.5. The van der Waals surface area contributed by atoms with Crippen molar-refractivity contribution >= 4 is 11.6 Å². The summed E-state index contributed by atoms with van der Waals surface area (Å²) in [7, 11) is 3.65. The molecule has 2 aromatic rings. The number of rotatable bonds is 2. The zero-order chi connectivity index (χ0) is 15.5. The Hall–Kier alpha value is -2.40. The van der Waals surface area contributed by atoms with Crippen molar-refractivity contribution in [2.24, 2.45) is 0 Å². The largest absolute Gasteiger partial charge is 0.497 e. The van der Waals surface area contributed by atoms with Crippen molar-refractivity contribution in [3.05, 3.63) is 53.9 Å². The molecule has 0 unspecified atom stereocenters. The highest BCUT2D eigenvalue weighted by atomic mass is 16.5. The minimum absolute atomic E-state index is 0.0957. The molecule has 1 aromatic carbocycles. The standard InChI is InChI=1S/C17H19N3O2/c1-19-9-10-20(16-6-4-3-5-13(16)12-19)17(21)15-11-14(22-2)7-8-18-15/h3-8,11H,9-10,12H2,1-2H3. The second kappa shape index (κ2) is 6.15. The number of carbonyl (C=O) groups excluding carboxylic acids is 1. The van der Waals surface area contributed by atoms with Gasteiger partial charge in [-0.05, 0) is 24.7 Å². The summed E-state index contributed by atoms with van der Waals surface area (Å²) in [5.41, 5.74) is 2.51. The van der Waals surface area contributed by atoms with Gasteiger partial charge in [-0.15, -0.1) is 0 Å². The summed E-state index contributed by atoms with van der Waals surface area (Å²) in [5.74, 6) is 0.542. The van der Waals surface area contributed by atoms with Crippen molar-refractivity contribution in [2.75, 3.05) is 32.1 Å². The van der Waals surface area contributed by atoms with Gasteiger partial charge in [-0.3, -0.25) is 9.78 Å². The lowest BCUT2D eigenvalue weighted by atomic mass is 10.1. The fraction of sp³-hybridized carbons (Fsp3) is 0.294. The van der Waals surface area contributed by atoms with E-state index in [-0.39, 0.29) is 5.91 Å². The van der Waals surface area contributed by atoms with Crippen LogP contribution in [0.1, 0.15) is 16.1 Å². The number of ether oxygens (including phenoxy) is 1. The summed E-state index contributed by atoms with van der Waals surface area (Å²) < 4.78 is 5.18. The SMILES string of the molecule is COc1ccnc(C(=O)N2CCN(C)Cc3ccccc32)c1. The molecule has 1 aliphatic rings. The predicted molar refractivity (Wildman–Crippen MR) is 85.2 cm³/mol. The summed E-state index contributed by atoms with van der Waals surface area (Å²) in [6.07, 6.45) is 1.60. The van der Waals surface area contributed by atoms with Gasteiger partial charge in [-0.2, -0.15) is 0 Å². The first-order valence-electron chi connectivity index (χ1n) is 7.27. The average molecular weight is 297 g/mol. The Morgan fingerprint density at radius 1 is 1.23 bits per heavy atom. The summed E-state index contributed by atoms with van der Waals surface area (Å²) >= 11 is 0. The summed E-state index contributed by atoms with van der Waals surface area (Å²) in [6.45, 7) is 2.31. The van der Waals surface area contributed by atoms with Gasteiger partial charge in [-0.25, -0.2) is 0 Å². The van der Waals surface area contributed by atoms with Crippen LogP contribution in [0.5, 0.6) is 5.75 Å². The van der Waals surface area contributed by atoms with Crippen LogP contribution in [-0.4, -0.2) is 43.0 Å². The van der Waals surface area contributed by atoms with Gasteiger partial charge in [0, 0.05) is 37.6 Å². The third kappa shape index (κ3) is 2.80. The number of hydrogen-bond donors (Lipinski definition) is 0. The zero-order valence-corrected chi connectivity index (χ0v) is 12.8. The van der Waals surface area contributed by atoms with E-state index in [2.05, 4.69) is 23.0 Å². The number of nitrogens with zero attached hydrogens (tertiary/aromatic N) is 3. The van der Waals surface area contributed by atoms with Gasteiger partial charge in [0.15, 0.2) is 0 Å². The highest BCUT2D eigenvalue weighted by Crippen LogP contribution is 2.26. The molecule has 0 radical (unpaired) electrons. The molecule has 1 amide bonds. The molecule has 0 fully saturated rings. The molecule has 5 heteroatoms. The van der Waals surface area contributed by atoms with E-state index >= 15 is 0 Å². The van der Waals surface area contributed by atoms with E-state index in [1.165, 1.54) is 0 Å². The summed E-state index contributed by atoms with van der Waals surface area (Å²) in [4.78, 5) is 21.1. The Labute approximate surface area is 130 Å². The lowest BCUT2D eigenvalue weighted by Gasteiger charge is -2.22. The van der Waals surface area contributed by atoms with Gasteiger partial charge in [0.1, 0.15) is 11.4 Å². The van der Waals surface area contributed by atoms with Crippen molar-refractivity contribution in [2.45, 2.75) is 6.54 Å². The lowest BCUT2D eigenvalue weighted by molar-refractivity contribution is 0.0980. The molecule has 0 saturated carbocycles. The fourth-order valence-corrected chi connectivity index (χ4v) is 2.67. The molecule has 0 bridgehead atoms. The number of benzene rings is 1. The summed E-state index contributed by atoms with van der Waals surface area (Å²) in [5, 5.41) is 0. The van der Waals surface area contributed by atoms with Crippen LogP contribution in [0.25, 0.3) is 0 Å². The number of carbonyl (C=O) groups is 1. The van der Waals surface area contributed by atoms with Crippen molar-refractivity contribution in [1.29, 1.82) is 0 Å². The molecule has 1 aliphatic heterocycles. The van der Waals surface area contributed by atoms with Crippen LogP contribution in [-0.2, 0) is 6.54 Å². The van der Waals surface area contributed by atoms with Crippen molar-refractivity contribution in [3.63, 3.8) is 0 Å². The predicted octanol–water partition coefficient (Wildman–Crippen LogP) is 2.18. The average Bonchev–Trinajstić information content (AvgIpc) is 2.72. The molecular weight excluding hydrogens is 278 g/mol. The van der Waals surface area contributed by atoms with Gasteiger partial charge in [-0.1, -0.05) is 18.2 Å². The Morgan fingerprint density at radius 2 is 2.05 bits per heavy atom. The molecule has 1 aromatic heterocycles. The zero-order valence-electron chi connectivity index (χ0n) is 12.8. The third-order valence-corrected chi connectivity index (χ3v) is 3.86. The van der Waals surface area contributed by atoms with E-state index in [0.717, 1.165) is 24.3 Å². The fourth-order valence-electron chi connectivity index (χ4n) is 2.67. The molecule has 0 spiro atoms. The molecule has 3 rings (SSSR count). The molecular formula is C17H19N3O2. The molecule has 5 nitrogen and oxygen atoms in total. The smallest absolute Gasteiger partial charge is 0.277 e. The van der Waals surface area contributed by atoms with Crippen LogP contribution in [0.3, 0.4) is 0 Å². The molecule has 2 heterocycles. The first-order valence-corrected chi connectivity index (χ1v) is 7.27. The van der Waals surface area contributed by atoms with Crippen LogP contribution in [0.4, 0.5) is 5.69 Å². The van der Waals surface area contributed by atoms with Gasteiger partial charge in [0.05, 0.1) is 7.11 Å². The van der Waals surface area contributed by atoms with E-state index in [0.29, 0.717) is 18.0 Å². The highest BCUT2D eigenvalue weighted by Gasteiger charge is 2.24. The number of likely N-dealkylation sites (N-methyl/N-ethyl adjacent to an activating group) is 1. The van der Waals surface area contributed by atoms with Gasteiger partial charge in [0.25, 0.3) is 5.91 Å². The lowest BCUT2D eigenvalue weighted by Crippen LogP contribution is -2.35. The maximum absolute atomic E-state index is 12.9. The van der Waals surface area contributed by atoms with Crippen LogP contribution in [0, 0.1) is 0 Å². The van der Waals surface area contributed by atoms with Crippen molar-refractivity contribution in [1.82, 2.24) is 9.88 Å². The van der Waals surface area contributed by atoms with Crippen LogP contribution in [0.2, 0.25) is 0 Å². The molecule has 114 valence electrons. The maximum Gasteiger partial charge on any atom is 0.277 e. The number of amides is 1. The van der Waals surface area contributed by atoms with Crippen molar-refractivity contribution < 1.29 is 9.53 Å². The van der Waals surface area contributed by atoms with Gasteiger partial charge in [0.2, 0.25) is 0 Å². The monoisotopic (exact) mass is 297 g/mol. The van der Waals surface area contributed by atoms with E-state index in [9.17, 15) is 4.79 Å². The molecule has 22 heavy (non-hydrogen) atoms. The topological polar surface area (TPSA) is 45.7 Å². The van der Waals surface area contributed by atoms with Gasteiger partial charge < -0.3 is 14.5 Å². The minimum Gasteiger partial charge on any atom is -0.497 e. The van der Waals surface area contributed by atoms with Crippen LogP contribution < -0.4 is 9.64 Å². The Balaban J connectivity index is 1.98.